The van der Waals surface area contributed by atoms with E-state index in [1.165, 1.54) is 18.2 Å². The van der Waals surface area contributed by atoms with Crippen LogP contribution in [0.1, 0.15) is 106 Å². The third kappa shape index (κ3) is 16.3. The largest absolute Gasteiger partial charge is 0.489 e. The Morgan fingerprint density at radius 3 is 1.50 bits per heavy atom. The predicted octanol–water partition coefficient (Wildman–Crippen LogP) is 11.4. The number of nitrogens with one attached hydrogen (secondary N) is 1. The van der Waals surface area contributed by atoms with E-state index in [2.05, 4.69) is 15.3 Å². The molecule has 0 aliphatic rings. The van der Waals surface area contributed by atoms with Crippen molar-refractivity contribution < 1.29 is 46.8 Å². The molecule has 2 heterocycles. The summed E-state index contributed by atoms with van der Waals surface area (Å²) in [5.41, 5.74) is 4.52. The Kier molecular flexibility index (Phi) is 20.0. The number of pyridine rings is 2. The normalized spacial score (nSPS) is 12.6. The molecule has 0 spiro atoms. The van der Waals surface area contributed by atoms with Crippen LogP contribution < -0.4 is 14.8 Å². The second kappa shape index (κ2) is 26.7. The second-order valence-corrected chi connectivity index (χ2v) is 17.7. The molecule has 0 radical (unpaired) electrons. The number of aliphatic hydroxyl groups excluding tert-OH is 2. The summed E-state index contributed by atoms with van der Waals surface area (Å²) in [7, 11) is 0. The van der Waals surface area contributed by atoms with E-state index in [0.717, 1.165) is 59.5 Å². The average Bonchev–Trinajstić information content (AvgIpc) is 3.37. The highest BCUT2D eigenvalue weighted by Gasteiger charge is 2.27. The first-order valence-electron chi connectivity index (χ1n) is 23.9. The Balaban J connectivity index is 0.000000266. The lowest BCUT2D eigenvalue weighted by Gasteiger charge is -2.25. The van der Waals surface area contributed by atoms with E-state index in [0.29, 0.717) is 48.7 Å². The first kappa shape index (κ1) is 53.9. The van der Waals surface area contributed by atoms with Gasteiger partial charge in [-0.2, -0.15) is 0 Å². The fraction of sp³-hybridized carbons (Fsp3) is 0.276. The number of aromatic nitrogens is 2. The first-order chi connectivity index (χ1) is 34.7. The van der Waals surface area contributed by atoms with E-state index in [4.69, 9.17) is 9.47 Å². The maximum Gasteiger partial charge on any atom is 0.253 e. The summed E-state index contributed by atoms with van der Waals surface area (Å²) in [5.74, 6) is -2.24. The van der Waals surface area contributed by atoms with Gasteiger partial charge in [-0.25, -0.2) is 17.6 Å². The van der Waals surface area contributed by atoms with Crippen molar-refractivity contribution in [3.05, 3.63) is 226 Å². The van der Waals surface area contributed by atoms with E-state index < -0.39 is 47.4 Å². The zero-order valence-corrected chi connectivity index (χ0v) is 40.8. The molecule has 0 saturated heterocycles. The van der Waals surface area contributed by atoms with E-state index in [9.17, 15) is 37.4 Å². The molecular weight excluding hydrogens is 925 g/mol. The molecule has 2 aromatic heterocycles. The Morgan fingerprint density at radius 1 is 0.583 bits per heavy atom. The van der Waals surface area contributed by atoms with Gasteiger partial charge in [0.2, 0.25) is 0 Å². The van der Waals surface area contributed by atoms with Gasteiger partial charge in [0.25, 0.3) is 11.8 Å². The van der Waals surface area contributed by atoms with Crippen molar-refractivity contribution in [3.63, 3.8) is 0 Å². The number of para-hydroxylation sites is 2. The summed E-state index contributed by atoms with van der Waals surface area (Å²) < 4.78 is 66.2. The maximum absolute atomic E-state index is 14.1. The van der Waals surface area contributed by atoms with Gasteiger partial charge in [-0.15, -0.1) is 0 Å². The summed E-state index contributed by atoms with van der Waals surface area (Å²) in [6, 6.07) is 36.2. The van der Waals surface area contributed by atoms with Crippen LogP contribution >= 0.6 is 0 Å². The van der Waals surface area contributed by atoms with Crippen molar-refractivity contribution in [2.45, 2.75) is 84.8 Å². The maximum atomic E-state index is 14.1. The molecule has 7 aromatic rings. The van der Waals surface area contributed by atoms with Crippen LogP contribution in [0.5, 0.6) is 11.5 Å². The number of hydrogen-bond donors (Lipinski definition) is 3. The summed E-state index contributed by atoms with van der Waals surface area (Å²) in [5, 5.41) is 24.7. The fourth-order valence-electron chi connectivity index (χ4n) is 8.02. The Hall–Kier alpha value is -7.42. The minimum Gasteiger partial charge on any atom is -0.489 e. The molecule has 5 aromatic carbocycles. The van der Waals surface area contributed by atoms with Crippen molar-refractivity contribution in [2.75, 3.05) is 13.1 Å². The van der Waals surface area contributed by atoms with E-state index >= 15 is 0 Å². The number of benzene rings is 5. The molecule has 0 fully saturated rings. The van der Waals surface area contributed by atoms with Gasteiger partial charge in [0.1, 0.15) is 54.1 Å². The molecule has 14 heteroatoms. The van der Waals surface area contributed by atoms with Gasteiger partial charge in [0, 0.05) is 59.9 Å². The van der Waals surface area contributed by atoms with Crippen molar-refractivity contribution in [2.24, 2.45) is 5.92 Å². The summed E-state index contributed by atoms with van der Waals surface area (Å²) in [4.78, 5) is 37.4. The van der Waals surface area contributed by atoms with Crippen LogP contribution in [0.2, 0.25) is 0 Å². The number of rotatable bonds is 21. The summed E-state index contributed by atoms with van der Waals surface area (Å²) >= 11 is 0. The van der Waals surface area contributed by atoms with E-state index in [1.807, 2.05) is 87.5 Å². The van der Waals surface area contributed by atoms with Gasteiger partial charge in [-0.05, 0) is 134 Å². The van der Waals surface area contributed by atoms with Gasteiger partial charge in [0.05, 0.1) is 23.5 Å². The predicted molar refractivity (Wildman–Crippen MR) is 268 cm³/mol. The number of nitrogens with zero attached hydrogens (tertiary/aromatic N) is 3. The highest BCUT2D eigenvalue weighted by molar-refractivity contribution is 6.00. The molecule has 376 valence electrons. The van der Waals surface area contributed by atoms with Crippen LogP contribution in [0.3, 0.4) is 0 Å². The van der Waals surface area contributed by atoms with Gasteiger partial charge in [-0.1, -0.05) is 69.3 Å². The number of ether oxygens (including phenoxy) is 2. The number of amides is 2. The van der Waals surface area contributed by atoms with Crippen LogP contribution in [0, 0.1) is 36.1 Å². The number of aliphatic hydroxyl groups is 2. The standard InChI is InChI=1S/C36H39F2N3O4.C22H21F2NO2/c1-4-13-41(14-5-2)36(44)28-16-24(3)15-27(20-28)35(43)40-33(19-26-17-29(37)21-30(38)18-26)34(42)32-12-11-25(22-39-32)23-45-31-9-7-6-8-10-31;1-15(9-17-10-18(23)12-19(24)11-17)22(26)21-8-7-16(13-25-21)14-27-20-5-3-2-4-6-20/h6-12,15-18,20-22,33-34,42H,4-5,13-14,19,23H2,1-3H3,(H,40,43);2-8,10-13,15,22,26H,9,14H2,1H3/t33-,34?;15-,22?/m00/s1. The molecule has 2 unspecified atom stereocenters. The Morgan fingerprint density at radius 2 is 1.04 bits per heavy atom. The monoisotopic (exact) mass is 984 g/mol. The minimum atomic E-state index is -1.32. The lowest BCUT2D eigenvalue weighted by molar-refractivity contribution is 0.0755. The molecule has 2 amide bonds. The average molecular weight is 985 g/mol. The molecule has 72 heavy (non-hydrogen) atoms. The first-order valence-corrected chi connectivity index (χ1v) is 23.9. The van der Waals surface area contributed by atoms with Gasteiger partial charge >= 0.3 is 0 Å². The van der Waals surface area contributed by atoms with Crippen LogP contribution in [-0.2, 0) is 26.1 Å². The third-order valence-electron chi connectivity index (χ3n) is 11.6. The van der Waals surface area contributed by atoms with Gasteiger partial charge in [0.15, 0.2) is 0 Å². The van der Waals surface area contributed by atoms with Crippen molar-refractivity contribution in [1.82, 2.24) is 20.2 Å². The quantitative estimate of drug-likeness (QED) is 0.0606. The smallest absolute Gasteiger partial charge is 0.253 e. The second-order valence-electron chi connectivity index (χ2n) is 17.7. The van der Waals surface area contributed by atoms with E-state index in [-0.39, 0.29) is 41.7 Å². The van der Waals surface area contributed by atoms with Crippen molar-refractivity contribution >= 4 is 11.8 Å². The summed E-state index contributed by atoms with van der Waals surface area (Å²) in [6.07, 6.45) is 2.95. The Labute approximate surface area is 418 Å². The lowest BCUT2D eigenvalue weighted by atomic mass is 9.93. The van der Waals surface area contributed by atoms with Crippen molar-refractivity contribution in [3.8, 4) is 11.5 Å². The number of carbonyl (C=O) groups is 2. The highest BCUT2D eigenvalue weighted by Crippen LogP contribution is 2.26. The fourth-order valence-corrected chi connectivity index (χ4v) is 8.02. The number of hydrogen-bond acceptors (Lipinski definition) is 8. The van der Waals surface area contributed by atoms with Crippen LogP contribution in [0.15, 0.2) is 152 Å². The molecule has 0 bridgehead atoms. The molecule has 3 N–H and O–H groups in total. The van der Waals surface area contributed by atoms with E-state index in [1.54, 1.807) is 54.5 Å². The lowest BCUT2D eigenvalue weighted by Crippen LogP contribution is -2.41. The topological polar surface area (TPSA) is 134 Å². The Bertz CT molecular complexity index is 2780. The molecule has 4 atom stereocenters. The van der Waals surface area contributed by atoms with Crippen LogP contribution in [-0.4, -0.2) is 56.0 Å². The number of carbonyl (C=O) groups excluding carboxylic acids is 2. The van der Waals surface area contributed by atoms with Crippen molar-refractivity contribution in [1.29, 1.82) is 0 Å². The van der Waals surface area contributed by atoms with Crippen LogP contribution in [0.4, 0.5) is 17.6 Å². The molecule has 7 rings (SSSR count). The third-order valence-corrected chi connectivity index (χ3v) is 11.6. The van der Waals surface area contributed by atoms with Gasteiger partial charge in [-0.3, -0.25) is 19.6 Å². The summed E-state index contributed by atoms with van der Waals surface area (Å²) in [6.45, 7) is 9.47. The SMILES string of the molecule is CCCN(CCC)C(=O)c1cc(C)cc(C(=O)N[C@@H](Cc2cc(F)cc(F)c2)C(O)c2ccc(COc3ccccc3)cn2)c1.C[C@@H](Cc1cc(F)cc(F)c1)C(O)c1ccc(COc2ccccc2)cn1. The molecule has 0 saturated carbocycles. The zero-order chi connectivity index (χ0) is 51.6. The molecular formula is C58H60F4N4O6. The molecule has 0 aliphatic carbocycles. The number of halogens is 4. The molecule has 0 aliphatic heterocycles. The van der Waals surface area contributed by atoms with Crippen LogP contribution in [0.25, 0.3) is 0 Å². The number of aryl methyl sites for hydroxylation is 1. The minimum absolute atomic E-state index is 0.0828. The highest BCUT2D eigenvalue weighted by atomic mass is 19.1. The molecule has 10 nitrogen and oxygen atoms in total. The zero-order valence-electron chi connectivity index (χ0n) is 40.8. The van der Waals surface area contributed by atoms with Gasteiger partial charge < -0.3 is 29.9 Å².